The Balaban J connectivity index is 2.42. The van der Waals surface area contributed by atoms with Gasteiger partial charge in [-0.25, -0.2) is 4.98 Å². The molecule has 1 aromatic carbocycles. The maximum absolute atomic E-state index is 5.51. The van der Waals surface area contributed by atoms with Crippen molar-refractivity contribution in [3.63, 3.8) is 0 Å². The number of benzene rings is 1. The molecule has 20 heavy (non-hydrogen) atoms. The standard InChI is InChI=1S/C16H23N3O/c1-5-8-17-16(14-10-19(3)11-18-14)13-9-12(2)6-7-15(13)20-4/h6-7,9-11,16-17H,5,8H2,1-4H3. The number of hydrogen-bond acceptors (Lipinski definition) is 3. The Morgan fingerprint density at radius 2 is 2.20 bits per heavy atom. The summed E-state index contributed by atoms with van der Waals surface area (Å²) in [5.41, 5.74) is 3.38. The van der Waals surface area contributed by atoms with E-state index >= 15 is 0 Å². The summed E-state index contributed by atoms with van der Waals surface area (Å²) in [5.74, 6) is 0.898. The molecule has 2 rings (SSSR count). The van der Waals surface area contributed by atoms with Gasteiger partial charge in [-0.3, -0.25) is 0 Å². The van der Waals surface area contributed by atoms with Crippen molar-refractivity contribution in [3.8, 4) is 5.75 Å². The van der Waals surface area contributed by atoms with Gasteiger partial charge in [0.2, 0.25) is 0 Å². The molecular weight excluding hydrogens is 250 g/mol. The number of hydrogen-bond donors (Lipinski definition) is 1. The van der Waals surface area contributed by atoms with Crippen molar-refractivity contribution in [2.45, 2.75) is 26.3 Å². The van der Waals surface area contributed by atoms with Gasteiger partial charge in [-0.05, 0) is 26.0 Å². The van der Waals surface area contributed by atoms with Crippen LogP contribution in [0.25, 0.3) is 0 Å². The van der Waals surface area contributed by atoms with E-state index < -0.39 is 0 Å². The monoisotopic (exact) mass is 273 g/mol. The Morgan fingerprint density at radius 1 is 1.40 bits per heavy atom. The summed E-state index contributed by atoms with van der Waals surface area (Å²) < 4.78 is 7.49. The van der Waals surface area contributed by atoms with E-state index in [9.17, 15) is 0 Å². The Labute approximate surface area is 120 Å². The minimum absolute atomic E-state index is 0.0611. The van der Waals surface area contributed by atoms with Crippen molar-refractivity contribution in [1.82, 2.24) is 14.9 Å². The first-order valence-electron chi connectivity index (χ1n) is 7.01. The first kappa shape index (κ1) is 14.6. The predicted octanol–water partition coefficient (Wildman–Crippen LogP) is 2.83. The van der Waals surface area contributed by atoms with Gasteiger partial charge in [-0.15, -0.1) is 0 Å². The van der Waals surface area contributed by atoms with Crippen LogP contribution in [0.2, 0.25) is 0 Å². The lowest BCUT2D eigenvalue weighted by Gasteiger charge is -2.20. The van der Waals surface area contributed by atoms with Crippen LogP contribution in [-0.2, 0) is 7.05 Å². The van der Waals surface area contributed by atoms with E-state index in [1.165, 1.54) is 5.56 Å². The minimum Gasteiger partial charge on any atom is -0.496 e. The van der Waals surface area contributed by atoms with Crippen LogP contribution >= 0.6 is 0 Å². The second-order valence-corrected chi connectivity index (χ2v) is 5.10. The van der Waals surface area contributed by atoms with Gasteiger partial charge in [0.1, 0.15) is 5.75 Å². The fraction of sp³-hybridized carbons (Fsp3) is 0.438. The van der Waals surface area contributed by atoms with Gasteiger partial charge in [0.25, 0.3) is 0 Å². The van der Waals surface area contributed by atoms with E-state index in [1.807, 2.05) is 24.0 Å². The van der Waals surface area contributed by atoms with Crippen LogP contribution < -0.4 is 10.1 Å². The molecule has 1 heterocycles. The zero-order valence-electron chi connectivity index (χ0n) is 12.7. The zero-order valence-corrected chi connectivity index (χ0v) is 12.7. The Hall–Kier alpha value is -1.81. The molecule has 1 N–H and O–H groups in total. The molecule has 1 unspecified atom stereocenters. The summed E-state index contributed by atoms with van der Waals surface area (Å²) >= 11 is 0. The number of imidazole rings is 1. The molecule has 0 fully saturated rings. The molecule has 108 valence electrons. The number of aromatic nitrogens is 2. The number of ether oxygens (including phenoxy) is 1. The normalized spacial score (nSPS) is 12.4. The van der Waals surface area contributed by atoms with Gasteiger partial charge in [0.05, 0.1) is 25.2 Å². The van der Waals surface area contributed by atoms with E-state index in [1.54, 1.807) is 7.11 Å². The van der Waals surface area contributed by atoms with E-state index in [0.717, 1.165) is 30.0 Å². The highest BCUT2D eigenvalue weighted by atomic mass is 16.5. The third-order valence-corrected chi connectivity index (χ3v) is 3.32. The van der Waals surface area contributed by atoms with Crippen molar-refractivity contribution in [1.29, 1.82) is 0 Å². The van der Waals surface area contributed by atoms with Crippen LogP contribution in [-0.4, -0.2) is 23.2 Å². The number of rotatable bonds is 6. The first-order chi connectivity index (χ1) is 9.65. The van der Waals surface area contributed by atoms with Crippen LogP contribution in [0.5, 0.6) is 5.75 Å². The smallest absolute Gasteiger partial charge is 0.124 e. The molecule has 1 atom stereocenters. The Bertz CT molecular complexity index is 563. The summed E-state index contributed by atoms with van der Waals surface area (Å²) in [6.07, 6.45) is 4.96. The maximum atomic E-state index is 5.51. The molecule has 0 amide bonds. The van der Waals surface area contributed by atoms with Crippen LogP contribution in [0.3, 0.4) is 0 Å². The average Bonchev–Trinajstić information content (AvgIpc) is 2.86. The van der Waals surface area contributed by atoms with E-state index in [4.69, 9.17) is 4.74 Å². The van der Waals surface area contributed by atoms with Gasteiger partial charge in [0.15, 0.2) is 0 Å². The lowest BCUT2D eigenvalue weighted by atomic mass is 10.0. The van der Waals surface area contributed by atoms with Gasteiger partial charge in [-0.2, -0.15) is 0 Å². The fourth-order valence-corrected chi connectivity index (χ4v) is 2.32. The molecule has 0 bridgehead atoms. The van der Waals surface area contributed by atoms with Crippen molar-refractivity contribution in [3.05, 3.63) is 47.5 Å². The maximum Gasteiger partial charge on any atom is 0.124 e. The molecule has 0 aliphatic heterocycles. The first-order valence-corrected chi connectivity index (χ1v) is 7.01. The van der Waals surface area contributed by atoms with Gasteiger partial charge < -0.3 is 14.6 Å². The van der Waals surface area contributed by atoms with Gasteiger partial charge in [0, 0.05) is 18.8 Å². The van der Waals surface area contributed by atoms with Gasteiger partial charge >= 0.3 is 0 Å². The van der Waals surface area contributed by atoms with Crippen LogP contribution in [0.15, 0.2) is 30.7 Å². The largest absolute Gasteiger partial charge is 0.496 e. The molecule has 0 spiro atoms. The quantitative estimate of drug-likeness (QED) is 0.879. The third-order valence-electron chi connectivity index (χ3n) is 3.32. The minimum atomic E-state index is 0.0611. The number of nitrogens with zero attached hydrogens (tertiary/aromatic N) is 2. The molecule has 4 heteroatoms. The van der Waals surface area contributed by atoms with Crippen LogP contribution in [0.1, 0.15) is 36.2 Å². The van der Waals surface area contributed by atoms with E-state index in [0.29, 0.717) is 0 Å². The SMILES string of the molecule is CCCNC(c1cn(C)cn1)c1cc(C)ccc1OC. The fourth-order valence-electron chi connectivity index (χ4n) is 2.32. The average molecular weight is 273 g/mol. The Morgan fingerprint density at radius 3 is 2.80 bits per heavy atom. The number of nitrogens with one attached hydrogen (secondary N) is 1. The molecule has 0 aliphatic carbocycles. The summed E-state index contributed by atoms with van der Waals surface area (Å²) in [7, 11) is 3.70. The number of methoxy groups -OCH3 is 1. The van der Waals surface area contributed by atoms with Crippen molar-refractivity contribution >= 4 is 0 Å². The summed E-state index contributed by atoms with van der Waals surface area (Å²) in [6, 6.07) is 6.32. The second-order valence-electron chi connectivity index (χ2n) is 5.10. The molecule has 0 saturated carbocycles. The van der Waals surface area contributed by atoms with Crippen molar-refractivity contribution < 1.29 is 4.74 Å². The summed E-state index contributed by atoms with van der Waals surface area (Å²) in [5, 5.41) is 3.56. The highest BCUT2D eigenvalue weighted by Gasteiger charge is 2.19. The molecule has 2 aromatic rings. The van der Waals surface area contributed by atoms with Gasteiger partial charge in [-0.1, -0.05) is 24.6 Å². The lowest BCUT2D eigenvalue weighted by Crippen LogP contribution is -2.24. The molecule has 0 saturated heterocycles. The molecule has 0 aliphatic rings. The third kappa shape index (κ3) is 3.20. The molecular formula is C16H23N3O. The molecule has 0 radical (unpaired) electrons. The zero-order chi connectivity index (χ0) is 14.5. The van der Waals surface area contributed by atoms with Crippen LogP contribution in [0.4, 0.5) is 0 Å². The lowest BCUT2D eigenvalue weighted by molar-refractivity contribution is 0.403. The molecule has 1 aromatic heterocycles. The van der Waals surface area contributed by atoms with Crippen LogP contribution in [0, 0.1) is 6.92 Å². The molecule has 4 nitrogen and oxygen atoms in total. The second kappa shape index (κ2) is 6.57. The van der Waals surface area contributed by atoms with E-state index in [-0.39, 0.29) is 6.04 Å². The summed E-state index contributed by atoms with van der Waals surface area (Å²) in [6.45, 7) is 5.20. The number of aryl methyl sites for hydroxylation is 2. The predicted molar refractivity (Wildman–Crippen MR) is 81.1 cm³/mol. The highest BCUT2D eigenvalue weighted by Crippen LogP contribution is 2.30. The van der Waals surface area contributed by atoms with Crippen molar-refractivity contribution in [2.75, 3.05) is 13.7 Å². The summed E-state index contributed by atoms with van der Waals surface area (Å²) in [4.78, 5) is 4.50. The van der Waals surface area contributed by atoms with Crippen molar-refractivity contribution in [2.24, 2.45) is 7.05 Å². The van der Waals surface area contributed by atoms with E-state index in [2.05, 4.69) is 42.5 Å². The topological polar surface area (TPSA) is 39.1 Å². The highest BCUT2D eigenvalue weighted by molar-refractivity contribution is 5.42. The Kier molecular flexibility index (Phi) is 4.79.